The fourth-order valence-corrected chi connectivity index (χ4v) is 3.19. The van der Waals surface area contributed by atoms with Crippen molar-refractivity contribution in [3.8, 4) is 0 Å². The maximum atomic E-state index is 12.9. The summed E-state index contributed by atoms with van der Waals surface area (Å²) in [5.74, 6) is 0.0371. The quantitative estimate of drug-likeness (QED) is 0.473. The van der Waals surface area contributed by atoms with Crippen molar-refractivity contribution in [2.45, 2.75) is 12.5 Å². The van der Waals surface area contributed by atoms with E-state index in [-0.39, 0.29) is 11.8 Å². The van der Waals surface area contributed by atoms with Crippen LogP contribution in [0.3, 0.4) is 0 Å². The molecule has 0 fully saturated rings. The van der Waals surface area contributed by atoms with Crippen LogP contribution in [0.1, 0.15) is 28.4 Å². The molecule has 1 atom stereocenters. The van der Waals surface area contributed by atoms with Gasteiger partial charge < -0.3 is 0 Å². The lowest BCUT2D eigenvalue weighted by atomic mass is 9.98. The first-order valence-corrected chi connectivity index (χ1v) is 8.74. The molecular weight excluding hydrogens is 346 g/mol. The number of carbonyl (C=O) groups excluding carboxylic acids is 1. The Hall–Kier alpha value is -2.98. The van der Waals surface area contributed by atoms with Crippen LogP contribution in [0.5, 0.6) is 0 Å². The minimum absolute atomic E-state index is 0.0371. The fourth-order valence-electron chi connectivity index (χ4n) is 3.07. The molecule has 5 heteroatoms. The molecule has 0 unspecified atom stereocenters. The van der Waals surface area contributed by atoms with Crippen LogP contribution in [0, 0.1) is 0 Å². The third-order valence-electron chi connectivity index (χ3n) is 4.40. The number of benzene rings is 3. The summed E-state index contributed by atoms with van der Waals surface area (Å²) in [5.41, 5.74) is 3.38. The van der Waals surface area contributed by atoms with Crippen LogP contribution in [-0.4, -0.2) is 20.8 Å². The van der Waals surface area contributed by atoms with E-state index in [1.54, 1.807) is 24.3 Å². The van der Waals surface area contributed by atoms with Crippen molar-refractivity contribution in [3.63, 3.8) is 0 Å². The third kappa shape index (κ3) is 3.24. The van der Waals surface area contributed by atoms with Crippen molar-refractivity contribution in [1.29, 1.82) is 0 Å². The van der Waals surface area contributed by atoms with Gasteiger partial charge in [0.1, 0.15) is 5.52 Å². The van der Waals surface area contributed by atoms with Crippen LogP contribution in [0.4, 0.5) is 0 Å². The lowest BCUT2D eigenvalue weighted by molar-refractivity contribution is 0.0968. The summed E-state index contributed by atoms with van der Waals surface area (Å²) < 4.78 is 1.83. The van der Waals surface area contributed by atoms with E-state index in [9.17, 15) is 4.79 Å². The molecule has 0 amide bonds. The summed E-state index contributed by atoms with van der Waals surface area (Å²) >= 11 is 5.93. The summed E-state index contributed by atoms with van der Waals surface area (Å²) in [6.45, 7) is 0. The number of halogens is 1. The minimum Gasteiger partial charge on any atom is -0.294 e. The van der Waals surface area contributed by atoms with Crippen LogP contribution in [0.15, 0.2) is 78.9 Å². The van der Waals surface area contributed by atoms with E-state index in [2.05, 4.69) is 10.3 Å². The third-order valence-corrected chi connectivity index (χ3v) is 4.65. The van der Waals surface area contributed by atoms with Gasteiger partial charge in [0.15, 0.2) is 5.78 Å². The highest BCUT2D eigenvalue weighted by Crippen LogP contribution is 2.27. The van der Waals surface area contributed by atoms with E-state index >= 15 is 0 Å². The largest absolute Gasteiger partial charge is 0.294 e. The highest BCUT2D eigenvalue weighted by molar-refractivity contribution is 6.30. The Kier molecular flexibility index (Phi) is 4.50. The molecule has 128 valence electrons. The molecule has 0 spiro atoms. The smallest absolute Gasteiger partial charge is 0.165 e. The number of rotatable bonds is 5. The number of carbonyl (C=O) groups is 1. The van der Waals surface area contributed by atoms with Gasteiger partial charge in [-0.1, -0.05) is 59.3 Å². The zero-order valence-corrected chi connectivity index (χ0v) is 14.7. The molecule has 26 heavy (non-hydrogen) atoms. The highest BCUT2D eigenvalue weighted by atomic mass is 35.5. The molecule has 0 saturated heterocycles. The molecule has 4 rings (SSSR count). The Balaban J connectivity index is 1.74. The Morgan fingerprint density at radius 1 is 0.923 bits per heavy atom. The van der Waals surface area contributed by atoms with Crippen molar-refractivity contribution < 1.29 is 4.79 Å². The summed E-state index contributed by atoms with van der Waals surface area (Å²) in [5, 5.41) is 9.18. The molecule has 0 N–H and O–H groups in total. The van der Waals surface area contributed by atoms with E-state index in [4.69, 9.17) is 11.6 Å². The number of nitrogens with zero attached hydrogens (tertiary/aromatic N) is 3. The van der Waals surface area contributed by atoms with E-state index in [1.165, 1.54) is 0 Å². The van der Waals surface area contributed by atoms with E-state index in [0.29, 0.717) is 17.0 Å². The predicted octanol–water partition coefficient (Wildman–Crippen LogP) is 4.95. The number of para-hydroxylation sites is 1. The molecule has 0 aliphatic carbocycles. The maximum absolute atomic E-state index is 12.9. The Morgan fingerprint density at radius 2 is 1.62 bits per heavy atom. The van der Waals surface area contributed by atoms with Crippen molar-refractivity contribution in [1.82, 2.24) is 15.0 Å². The SMILES string of the molecule is O=C(C[C@H](c1ccccc1)n1nnc2ccccc21)c1ccc(Cl)cc1. The summed E-state index contributed by atoms with van der Waals surface area (Å²) in [4.78, 5) is 12.9. The topological polar surface area (TPSA) is 47.8 Å². The molecule has 0 saturated carbocycles. The predicted molar refractivity (Wildman–Crippen MR) is 103 cm³/mol. The number of hydrogen-bond donors (Lipinski definition) is 0. The molecule has 4 nitrogen and oxygen atoms in total. The first-order chi connectivity index (χ1) is 12.7. The van der Waals surface area contributed by atoms with Gasteiger partial charge in [-0.3, -0.25) is 4.79 Å². The molecule has 0 aliphatic heterocycles. The Bertz CT molecular complexity index is 1040. The average molecular weight is 362 g/mol. The number of hydrogen-bond acceptors (Lipinski definition) is 3. The van der Waals surface area contributed by atoms with Crippen LogP contribution in [0.2, 0.25) is 5.02 Å². The van der Waals surface area contributed by atoms with E-state index in [0.717, 1.165) is 16.6 Å². The second-order valence-corrected chi connectivity index (χ2v) is 6.52. The van der Waals surface area contributed by atoms with Gasteiger partial charge in [0.05, 0.1) is 11.6 Å². The van der Waals surface area contributed by atoms with E-state index in [1.807, 2.05) is 59.3 Å². The number of Topliss-reactive ketones (excluding diaryl/α,β-unsaturated/α-hetero) is 1. The number of fused-ring (bicyclic) bond motifs is 1. The zero-order chi connectivity index (χ0) is 17.9. The van der Waals surface area contributed by atoms with Gasteiger partial charge in [-0.25, -0.2) is 4.68 Å². The van der Waals surface area contributed by atoms with Gasteiger partial charge >= 0.3 is 0 Å². The van der Waals surface area contributed by atoms with Crippen LogP contribution >= 0.6 is 11.6 Å². The molecule has 1 heterocycles. The fraction of sp³-hybridized carbons (Fsp3) is 0.0952. The van der Waals surface area contributed by atoms with E-state index < -0.39 is 0 Å². The van der Waals surface area contributed by atoms with Crippen molar-refractivity contribution in [2.24, 2.45) is 0 Å². The van der Waals surface area contributed by atoms with Gasteiger partial charge in [-0.15, -0.1) is 5.10 Å². The Labute approximate surface area is 156 Å². The molecule has 4 aromatic rings. The van der Waals surface area contributed by atoms with Crippen LogP contribution < -0.4 is 0 Å². The summed E-state index contributed by atoms with van der Waals surface area (Å²) in [7, 11) is 0. The summed E-state index contributed by atoms with van der Waals surface area (Å²) in [6, 6.07) is 24.4. The minimum atomic E-state index is -0.230. The van der Waals surface area contributed by atoms with Gasteiger partial charge in [0, 0.05) is 17.0 Å². The monoisotopic (exact) mass is 361 g/mol. The van der Waals surface area contributed by atoms with Crippen LogP contribution in [-0.2, 0) is 0 Å². The van der Waals surface area contributed by atoms with Gasteiger partial charge in [0.2, 0.25) is 0 Å². The lowest BCUT2D eigenvalue weighted by Gasteiger charge is -2.18. The summed E-state index contributed by atoms with van der Waals surface area (Å²) in [6.07, 6.45) is 0.291. The van der Waals surface area contributed by atoms with Gasteiger partial charge in [-0.2, -0.15) is 0 Å². The number of aromatic nitrogens is 3. The van der Waals surface area contributed by atoms with Crippen molar-refractivity contribution in [2.75, 3.05) is 0 Å². The molecule has 0 bridgehead atoms. The molecule has 3 aromatic carbocycles. The first-order valence-electron chi connectivity index (χ1n) is 8.36. The normalized spacial score (nSPS) is 12.2. The zero-order valence-electron chi connectivity index (χ0n) is 13.9. The maximum Gasteiger partial charge on any atom is 0.165 e. The molecule has 1 aromatic heterocycles. The molecule has 0 aliphatic rings. The van der Waals surface area contributed by atoms with Gasteiger partial charge in [0.25, 0.3) is 0 Å². The van der Waals surface area contributed by atoms with Gasteiger partial charge in [-0.05, 0) is 42.0 Å². The molecule has 0 radical (unpaired) electrons. The first kappa shape index (κ1) is 16.5. The molecular formula is C21H16ClN3O. The average Bonchev–Trinajstić information content (AvgIpc) is 3.11. The standard InChI is InChI=1S/C21H16ClN3O/c22-17-12-10-16(11-13-17)21(26)14-20(15-6-2-1-3-7-15)25-19-9-5-4-8-18(19)23-24-25/h1-13,20H,14H2/t20-/m1/s1. The highest BCUT2D eigenvalue weighted by Gasteiger charge is 2.22. The number of ketones is 1. The lowest BCUT2D eigenvalue weighted by Crippen LogP contribution is -2.17. The second-order valence-electron chi connectivity index (χ2n) is 6.08. The van der Waals surface area contributed by atoms with Crippen molar-refractivity contribution >= 4 is 28.4 Å². The van der Waals surface area contributed by atoms with Crippen LogP contribution in [0.25, 0.3) is 11.0 Å². The van der Waals surface area contributed by atoms with Crippen molar-refractivity contribution in [3.05, 3.63) is 95.0 Å². The second kappa shape index (κ2) is 7.10. The Morgan fingerprint density at radius 3 is 2.38 bits per heavy atom.